The fraction of sp³-hybridized carbons (Fsp3) is 0.462. The number of carbonyl (C=O) groups is 1. The predicted molar refractivity (Wildman–Crippen MR) is 63.6 cm³/mol. The van der Waals surface area contributed by atoms with E-state index >= 15 is 0 Å². The van der Waals surface area contributed by atoms with E-state index in [2.05, 4.69) is 0 Å². The summed E-state index contributed by atoms with van der Waals surface area (Å²) in [5.74, 6) is 0.191. The largest absolute Gasteiger partial charge is 0.481 e. The molecule has 17 heavy (non-hydrogen) atoms. The molecule has 2 atom stereocenters. The van der Waals surface area contributed by atoms with Crippen LogP contribution in [0.4, 0.5) is 0 Å². The summed E-state index contributed by atoms with van der Waals surface area (Å²) in [6.45, 7) is 1.85. The van der Waals surface area contributed by atoms with Crippen molar-refractivity contribution >= 4 is 5.91 Å². The van der Waals surface area contributed by atoms with Gasteiger partial charge >= 0.3 is 0 Å². The molecule has 0 spiro atoms. The van der Waals surface area contributed by atoms with Gasteiger partial charge in [0.05, 0.1) is 6.10 Å². The molecule has 4 heteroatoms. The highest BCUT2D eigenvalue weighted by atomic mass is 16.5. The first-order chi connectivity index (χ1) is 8.11. The standard InChI is InChI=1S/C13H17NO3/c1-2-12(13(14)16)17-9-4-5-10-8(7-9)3-6-11(10)15/h4-5,7,11-12,15H,2-3,6H2,1H3,(H2,14,16)/t11-,12?/m0/s1. The van der Waals surface area contributed by atoms with E-state index in [9.17, 15) is 9.90 Å². The quantitative estimate of drug-likeness (QED) is 0.826. The highest BCUT2D eigenvalue weighted by Crippen LogP contribution is 2.33. The lowest BCUT2D eigenvalue weighted by Crippen LogP contribution is -2.32. The molecule has 0 aromatic heterocycles. The Morgan fingerprint density at radius 2 is 2.41 bits per heavy atom. The maximum atomic E-state index is 11.1. The average Bonchev–Trinajstić information content (AvgIpc) is 2.67. The molecule has 1 aliphatic carbocycles. The van der Waals surface area contributed by atoms with E-state index in [1.54, 1.807) is 6.07 Å². The second-order valence-electron chi connectivity index (χ2n) is 4.33. The van der Waals surface area contributed by atoms with Crippen molar-refractivity contribution in [1.82, 2.24) is 0 Å². The van der Waals surface area contributed by atoms with Gasteiger partial charge in [0, 0.05) is 0 Å². The molecular weight excluding hydrogens is 218 g/mol. The van der Waals surface area contributed by atoms with Crippen molar-refractivity contribution < 1.29 is 14.6 Å². The number of hydrogen-bond acceptors (Lipinski definition) is 3. The number of aliphatic hydroxyl groups is 1. The van der Waals surface area contributed by atoms with Crippen LogP contribution in [0.5, 0.6) is 5.75 Å². The van der Waals surface area contributed by atoms with Crippen LogP contribution in [0.3, 0.4) is 0 Å². The van der Waals surface area contributed by atoms with Gasteiger partial charge in [-0.3, -0.25) is 4.79 Å². The first-order valence-electron chi connectivity index (χ1n) is 5.88. The number of fused-ring (bicyclic) bond motifs is 1. The van der Waals surface area contributed by atoms with Crippen LogP contribution in [-0.4, -0.2) is 17.1 Å². The molecule has 92 valence electrons. The minimum atomic E-state index is -0.584. The maximum Gasteiger partial charge on any atom is 0.258 e. The zero-order valence-electron chi connectivity index (χ0n) is 9.85. The highest BCUT2D eigenvalue weighted by Gasteiger charge is 2.21. The minimum absolute atomic E-state index is 0.364. The van der Waals surface area contributed by atoms with Gasteiger partial charge in [0.25, 0.3) is 5.91 Å². The number of aliphatic hydroxyl groups excluding tert-OH is 1. The molecule has 1 aromatic carbocycles. The summed E-state index contributed by atoms with van der Waals surface area (Å²) in [5.41, 5.74) is 7.28. The van der Waals surface area contributed by atoms with Gasteiger partial charge in [-0.25, -0.2) is 0 Å². The van der Waals surface area contributed by atoms with Crippen molar-refractivity contribution in [3.8, 4) is 5.75 Å². The topological polar surface area (TPSA) is 72.6 Å². The van der Waals surface area contributed by atoms with Crippen molar-refractivity contribution in [2.45, 2.75) is 38.4 Å². The summed E-state index contributed by atoms with van der Waals surface area (Å²) in [6.07, 6.45) is 1.21. The van der Waals surface area contributed by atoms with Crippen molar-refractivity contribution in [1.29, 1.82) is 0 Å². The summed E-state index contributed by atoms with van der Waals surface area (Å²) in [6, 6.07) is 5.52. The Labute approximate surface area is 100 Å². The molecular formula is C13H17NO3. The van der Waals surface area contributed by atoms with Crippen molar-refractivity contribution in [3.63, 3.8) is 0 Å². The van der Waals surface area contributed by atoms with Gasteiger partial charge in [-0.15, -0.1) is 0 Å². The number of benzene rings is 1. The third-order valence-electron chi connectivity index (χ3n) is 3.13. The number of aryl methyl sites for hydroxylation is 1. The number of primary amides is 1. The van der Waals surface area contributed by atoms with Crippen LogP contribution in [0, 0.1) is 0 Å². The molecule has 0 saturated heterocycles. The van der Waals surface area contributed by atoms with E-state index in [-0.39, 0.29) is 6.10 Å². The molecule has 1 unspecified atom stereocenters. The van der Waals surface area contributed by atoms with Gasteiger partial charge < -0.3 is 15.6 Å². The SMILES string of the molecule is CCC(Oc1ccc2c(c1)CC[C@@H]2O)C(N)=O. The van der Waals surface area contributed by atoms with E-state index in [4.69, 9.17) is 10.5 Å². The van der Waals surface area contributed by atoms with Crippen LogP contribution in [-0.2, 0) is 11.2 Å². The van der Waals surface area contributed by atoms with Crippen molar-refractivity contribution in [2.24, 2.45) is 5.73 Å². The second-order valence-corrected chi connectivity index (χ2v) is 4.33. The summed E-state index contributed by atoms with van der Waals surface area (Å²) in [4.78, 5) is 11.1. The lowest BCUT2D eigenvalue weighted by Gasteiger charge is -2.15. The molecule has 3 N–H and O–H groups in total. The summed E-state index contributed by atoms with van der Waals surface area (Å²) in [5, 5.41) is 9.67. The first kappa shape index (κ1) is 11.9. The van der Waals surface area contributed by atoms with Crippen LogP contribution >= 0.6 is 0 Å². The Morgan fingerprint density at radius 3 is 3.06 bits per heavy atom. The number of hydrogen-bond donors (Lipinski definition) is 2. The first-order valence-corrected chi connectivity index (χ1v) is 5.88. The number of rotatable bonds is 4. The van der Waals surface area contributed by atoms with E-state index in [0.717, 1.165) is 24.0 Å². The molecule has 0 bridgehead atoms. The molecule has 0 radical (unpaired) electrons. The van der Waals surface area contributed by atoms with Gasteiger partial charge in [-0.2, -0.15) is 0 Å². The van der Waals surface area contributed by atoms with Gasteiger partial charge in [0.1, 0.15) is 5.75 Å². The lowest BCUT2D eigenvalue weighted by atomic mass is 10.1. The molecule has 1 aromatic rings. The van der Waals surface area contributed by atoms with E-state index in [1.165, 1.54) is 0 Å². The zero-order valence-corrected chi connectivity index (χ0v) is 9.85. The Morgan fingerprint density at radius 1 is 1.65 bits per heavy atom. The Balaban J connectivity index is 2.16. The number of nitrogens with two attached hydrogens (primary N) is 1. The van der Waals surface area contributed by atoms with Crippen LogP contribution in [0.1, 0.15) is 37.0 Å². The van der Waals surface area contributed by atoms with E-state index < -0.39 is 12.0 Å². The number of ether oxygens (including phenoxy) is 1. The van der Waals surface area contributed by atoms with Gasteiger partial charge in [0.2, 0.25) is 0 Å². The maximum absolute atomic E-state index is 11.1. The summed E-state index contributed by atoms with van der Waals surface area (Å²) >= 11 is 0. The smallest absolute Gasteiger partial charge is 0.258 e. The number of amides is 1. The monoisotopic (exact) mass is 235 g/mol. The van der Waals surface area contributed by atoms with E-state index in [0.29, 0.717) is 12.2 Å². The molecule has 4 nitrogen and oxygen atoms in total. The lowest BCUT2D eigenvalue weighted by molar-refractivity contribution is -0.124. The Bertz CT molecular complexity index is 431. The third kappa shape index (κ3) is 2.42. The molecule has 0 saturated carbocycles. The zero-order chi connectivity index (χ0) is 12.4. The molecule has 2 rings (SSSR count). The van der Waals surface area contributed by atoms with Gasteiger partial charge in [-0.05, 0) is 42.5 Å². The van der Waals surface area contributed by atoms with Gasteiger partial charge in [-0.1, -0.05) is 13.0 Å². The number of carbonyl (C=O) groups excluding carboxylic acids is 1. The normalized spacial score (nSPS) is 19.8. The van der Waals surface area contributed by atoms with Crippen molar-refractivity contribution in [2.75, 3.05) is 0 Å². The molecule has 0 heterocycles. The Kier molecular flexibility index (Phi) is 3.33. The van der Waals surface area contributed by atoms with Gasteiger partial charge in [0.15, 0.2) is 6.10 Å². The third-order valence-corrected chi connectivity index (χ3v) is 3.13. The summed E-state index contributed by atoms with van der Waals surface area (Å²) < 4.78 is 5.53. The fourth-order valence-corrected chi connectivity index (χ4v) is 2.15. The van der Waals surface area contributed by atoms with Crippen LogP contribution in [0.25, 0.3) is 0 Å². The fourth-order valence-electron chi connectivity index (χ4n) is 2.15. The van der Waals surface area contributed by atoms with Crippen LogP contribution in [0.15, 0.2) is 18.2 Å². The molecule has 1 aliphatic rings. The summed E-state index contributed by atoms with van der Waals surface area (Å²) in [7, 11) is 0. The average molecular weight is 235 g/mol. The van der Waals surface area contributed by atoms with Crippen LogP contribution < -0.4 is 10.5 Å². The van der Waals surface area contributed by atoms with E-state index in [1.807, 2.05) is 19.1 Å². The molecule has 0 fully saturated rings. The van der Waals surface area contributed by atoms with Crippen molar-refractivity contribution in [3.05, 3.63) is 29.3 Å². The molecule has 1 amide bonds. The highest BCUT2D eigenvalue weighted by molar-refractivity contribution is 5.79. The second kappa shape index (κ2) is 4.75. The molecule has 0 aliphatic heterocycles. The van der Waals surface area contributed by atoms with Crippen LogP contribution in [0.2, 0.25) is 0 Å². The minimum Gasteiger partial charge on any atom is -0.481 e. The predicted octanol–water partition coefficient (Wildman–Crippen LogP) is 1.31. The Hall–Kier alpha value is -1.55.